The Morgan fingerprint density at radius 3 is 2.40 bits per heavy atom. The molecule has 3 rings (SSSR count). The molecule has 30 heavy (non-hydrogen) atoms. The van der Waals surface area contributed by atoms with Crippen LogP contribution in [-0.2, 0) is 27.4 Å². The van der Waals surface area contributed by atoms with E-state index in [-0.39, 0.29) is 19.5 Å². The van der Waals surface area contributed by atoms with Crippen molar-refractivity contribution in [2.24, 2.45) is 0 Å². The summed E-state index contributed by atoms with van der Waals surface area (Å²) < 4.78 is 78.4. The largest absolute Gasteiger partial charge is 0.416 e. The number of carbonyl (C=O) groups excluding carboxylic acids is 1. The Kier molecular flexibility index (Phi) is 6.47. The summed E-state index contributed by atoms with van der Waals surface area (Å²) in [4.78, 5) is 12.1. The Morgan fingerprint density at radius 2 is 1.77 bits per heavy atom. The lowest BCUT2D eigenvalue weighted by Crippen LogP contribution is -2.46. The van der Waals surface area contributed by atoms with Gasteiger partial charge in [-0.05, 0) is 49.1 Å². The number of benzene rings is 2. The number of amides is 1. The highest BCUT2D eigenvalue weighted by molar-refractivity contribution is 7.89. The van der Waals surface area contributed by atoms with Gasteiger partial charge in [-0.25, -0.2) is 12.8 Å². The van der Waals surface area contributed by atoms with Gasteiger partial charge in [0, 0.05) is 13.1 Å². The second-order valence-electron chi connectivity index (χ2n) is 6.94. The summed E-state index contributed by atoms with van der Waals surface area (Å²) in [5.74, 6) is -1.40. The van der Waals surface area contributed by atoms with Crippen LogP contribution >= 0.6 is 0 Å². The summed E-state index contributed by atoms with van der Waals surface area (Å²) in [6.45, 7) is 0.238. The van der Waals surface area contributed by atoms with Crippen molar-refractivity contribution in [3.05, 3.63) is 65.5 Å². The zero-order valence-corrected chi connectivity index (χ0v) is 16.6. The van der Waals surface area contributed by atoms with Crippen molar-refractivity contribution >= 4 is 15.9 Å². The standard InChI is InChI=1S/C20H20F4N2O3S/c21-16-4-1-2-6-18(16)30(28,29)26-13-3-5-17(26)19(27)25-12-11-14-7-9-15(10-8-14)20(22,23)24/h1-2,4,6-10,17H,3,5,11-13H2,(H,25,27). The molecular weight excluding hydrogens is 424 g/mol. The molecule has 162 valence electrons. The third-order valence-electron chi connectivity index (χ3n) is 4.92. The normalized spacial score (nSPS) is 17.8. The van der Waals surface area contributed by atoms with E-state index < -0.39 is 44.4 Å². The van der Waals surface area contributed by atoms with Gasteiger partial charge in [0.15, 0.2) is 0 Å². The third-order valence-corrected chi connectivity index (χ3v) is 6.87. The fraction of sp³-hybridized carbons (Fsp3) is 0.350. The van der Waals surface area contributed by atoms with Crippen LogP contribution in [0.15, 0.2) is 53.4 Å². The van der Waals surface area contributed by atoms with Crippen LogP contribution in [0.2, 0.25) is 0 Å². The lowest BCUT2D eigenvalue weighted by Gasteiger charge is -2.23. The fourth-order valence-electron chi connectivity index (χ4n) is 3.38. The number of hydrogen-bond donors (Lipinski definition) is 1. The molecule has 1 saturated heterocycles. The number of nitrogens with one attached hydrogen (secondary N) is 1. The third kappa shape index (κ3) is 4.81. The molecule has 0 bridgehead atoms. The van der Waals surface area contributed by atoms with Gasteiger partial charge in [0.1, 0.15) is 16.8 Å². The molecule has 1 aliphatic heterocycles. The van der Waals surface area contributed by atoms with Crippen LogP contribution in [0.4, 0.5) is 17.6 Å². The molecule has 10 heteroatoms. The molecule has 1 N–H and O–H groups in total. The van der Waals surface area contributed by atoms with Gasteiger partial charge in [0.2, 0.25) is 15.9 Å². The van der Waals surface area contributed by atoms with E-state index in [0.29, 0.717) is 18.4 Å². The van der Waals surface area contributed by atoms with Crippen LogP contribution < -0.4 is 5.32 Å². The van der Waals surface area contributed by atoms with Crippen molar-refractivity contribution < 1.29 is 30.8 Å². The Bertz CT molecular complexity index is 1010. The Labute approximate surface area is 171 Å². The van der Waals surface area contributed by atoms with Gasteiger partial charge >= 0.3 is 6.18 Å². The van der Waals surface area contributed by atoms with Crippen molar-refractivity contribution in [1.29, 1.82) is 0 Å². The van der Waals surface area contributed by atoms with E-state index in [2.05, 4.69) is 5.32 Å². The molecule has 1 atom stereocenters. The maximum absolute atomic E-state index is 14.0. The lowest BCUT2D eigenvalue weighted by molar-refractivity contribution is -0.137. The molecule has 1 heterocycles. The SMILES string of the molecule is O=C(NCCc1ccc(C(F)(F)F)cc1)C1CCCN1S(=O)(=O)c1ccccc1F. The zero-order chi connectivity index (χ0) is 21.9. The molecule has 0 aliphatic carbocycles. The predicted molar refractivity (Wildman–Crippen MR) is 101 cm³/mol. The average Bonchev–Trinajstić information content (AvgIpc) is 3.19. The van der Waals surface area contributed by atoms with Gasteiger partial charge in [0.25, 0.3) is 0 Å². The lowest BCUT2D eigenvalue weighted by atomic mass is 10.1. The molecule has 0 radical (unpaired) electrons. The zero-order valence-electron chi connectivity index (χ0n) is 15.8. The highest BCUT2D eigenvalue weighted by Gasteiger charge is 2.40. The Hall–Kier alpha value is -2.46. The highest BCUT2D eigenvalue weighted by Crippen LogP contribution is 2.29. The smallest absolute Gasteiger partial charge is 0.354 e. The summed E-state index contributed by atoms with van der Waals surface area (Å²) in [5, 5.41) is 2.63. The summed E-state index contributed by atoms with van der Waals surface area (Å²) in [6, 6.07) is 8.63. The summed E-state index contributed by atoms with van der Waals surface area (Å²) >= 11 is 0. The first-order valence-electron chi connectivity index (χ1n) is 9.31. The van der Waals surface area contributed by atoms with E-state index >= 15 is 0 Å². The minimum absolute atomic E-state index is 0.105. The molecule has 1 aliphatic rings. The quantitative estimate of drug-likeness (QED) is 0.695. The van der Waals surface area contributed by atoms with Crippen LogP contribution in [0.3, 0.4) is 0 Å². The van der Waals surface area contributed by atoms with Crippen molar-refractivity contribution in [3.8, 4) is 0 Å². The second kappa shape index (κ2) is 8.73. The Balaban J connectivity index is 1.62. The minimum atomic E-state index is -4.41. The van der Waals surface area contributed by atoms with Crippen LogP contribution in [0.1, 0.15) is 24.0 Å². The molecule has 2 aromatic rings. The van der Waals surface area contributed by atoms with Gasteiger partial charge in [-0.15, -0.1) is 0 Å². The van der Waals surface area contributed by atoms with Gasteiger partial charge in [-0.1, -0.05) is 24.3 Å². The van der Waals surface area contributed by atoms with E-state index in [4.69, 9.17) is 0 Å². The topological polar surface area (TPSA) is 66.5 Å². The van der Waals surface area contributed by atoms with E-state index in [1.807, 2.05) is 0 Å². The minimum Gasteiger partial charge on any atom is -0.354 e. The first-order valence-corrected chi connectivity index (χ1v) is 10.7. The number of rotatable bonds is 6. The van der Waals surface area contributed by atoms with Gasteiger partial charge < -0.3 is 5.32 Å². The van der Waals surface area contributed by atoms with E-state index in [1.165, 1.54) is 24.3 Å². The maximum atomic E-state index is 14.0. The predicted octanol–water partition coefficient (Wildman–Crippen LogP) is 3.36. The van der Waals surface area contributed by atoms with E-state index in [1.54, 1.807) is 0 Å². The fourth-order valence-corrected chi connectivity index (χ4v) is 5.10. The van der Waals surface area contributed by atoms with Gasteiger partial charge in [-0.2, -0.15) is 17.5 Å². The Morgan fingerprint density at radius 1 is 1.10 bits per heavy atom. The maximum Gasteiger partial charge on any atom is 0.416 e. The van der Waals surface area contributed by atoms with E-state index in [0.717, 1.165) is 28.6 Å². The van der Waals surface area contributed by atoms with Crippen molar-refractivity contribution in [3.63, 3.8) is 0 Å². The molecule has 1 unspecified atom stereocenters. The monoisotopic (exact) mass is 444 g/mol. The molecule has 0 aromatic heterocycles. The van der Waals surface area contributed by atoms with Crippen molar-refractivity contribution in [2.45, 2.75) is 36.4 Å². The van der Waals surface area contributed by atoms with Crippen molar-refractivity contribution in [2.75, 3.05) is 13.1 Å². The number of alkyl halides is 3. The first kappa shape index (κ1) is 22.2. The van der Waals surface area contributed by atoms with Crippen molar-refractivity contribution in [1.82, 2.24) is 9.62 Å². The number of nitrogens with zero attached hydrogens (tertiary/aromatic N) is 1. The van der Waals surface area contributed by atoms with Crippen LogP contribution in [0.5, 0.6) is 0 Å². The summed E-state index contributed by atoms with van der Waals surface area (Å²) in [7, 11) is -4.17. The number of hydrogen-bond acceptors (Lipinski definition) is 3. The number of halogens is 4. The van der Waals surface area contributed by atoms with Crippen LogP contribution in [0, 0.1) is 5.82 Å². The second-order valence-corrected chi connectivity index (χ2v) is 8.80. The molecule has 0 saturated carbocycles. The summed E-state index contributed by atoms with van der Waals surface area (Å²) in [6.07, 6.45) is -3.36. The number of sulfonamides is 1. The molecule has 1 fully saturated rings. The van der Waals surface area contributed by atoms with E-state index in [9.17, 15) is 30.8 Å². The van der Waals surface area contributed by atoms with Gasteiger partial charge in [0.05, 0.1) is 5.56 Å². The first-order chi connectivity index (χ1) is 14.1. The highest BCUT2D eigenvalue weighted by atomic mass is 32.2. The molecule has 1 amide bonds. The van der Waals surface area contributed by atoms with Gasteiger partial charge in [-0.3, -0.25) is 4.79 Å². The number of carbonyl (C=O) groups is 1. The average molecular weight is 444 g/mol. The van der Waals surface area contributed by atoms with Crippen LogP contribution in [-0.4, -0.2) is 37.8 Å². The molecule has 5 nitrogen and oxygen atoms in total. The molecule has 2 aromatic carbocycles. The van der Waals surface area contributed by atoms with Crippen LogP contribution in [0.25, 0.3) is 0 Å². The molecule has 0 spiro atoms. The summed E-state index contributed by atoms with van der Waals surface area (Å²) in [5.41, 5.74) is -0.152. The molecular formula is C20H20F4N2O3S.